The summed E-state index contributed by atoms with van der Waals surface area (Å²) in [7, 11) is 0. The molecular weight excluding hydrogens is 373 g/mol. The van der Waals surface area contributed by atoms with E-state index >= 15 is 0 Å². The average molecular weight is 382 g/mol. The Labute approximate surface area is 137 Å². The maximum atomic E-state index is 12.9. The Morgan fingerprint density at radius 2 is 2.00 bits per heavy atom. The summed E-state index contributed by atoms with van der Waals surface area (Å²) in [5.41, 5.74) is 0.922. The van der Waals surface area contributed by atoms with E-state index in [9.17, 15) is 9.18 Å². The smallest absolute Gasteiger partial charge is 0.293 e. The van der Waals surface area contributed by atoms with Gasteiger partial charge in [-0.15, -0.1) is 10.2 Å². The van der Waals surface area contributed by atoms with Gasteiger partial charge in [-0.1, -0.05) is 23.5 Å². The molecule has 3 rings (SSSR count). The third kappa shape index (κ3) is 3.58. The van der Waals surface area contributed by atoms with E-state index in [-0.39, 0.29) is 11.6 Å². The lowest BCUT2D eigenvalue weighted by atomic mass is 10.2. The standard InChI is InChI=1S/C14H9BrFN3O2S/c15-11-6-5-10(21-11)13(20)17-14-19-18-12(22-14)7-8-1-3-9(16)4-2-8/h1-6H,7H2,(H,17,19,20). The second-order valence-electron chi connectivity index (χ2n) is 4.36. The highest BCUT2D eigenvalue weighted by Crippen LogP contribution is 2.20. The summed E-state index contributed by atoms with van der Waals surface area (Å²) < 4.78 is 18.5. The van der Waals surface area contributed by atoms with Gasteiger partial charge in [0.05, 0.1) is 0 Å². The van der Waals surface area contributed by atoms with Gasteiger partial charge in [-0.2, -0.15) is 0 Å². The SMILES string of the molecule is O=C(Nc1nnc(Cc2ccc(F)cc2)s1)c1ccc(Br)o1. The Hall–Kier alpha value is -2.06. The Morgan fingerprint density at radius 1 is 1.23 bits per heavy atom. The van der Waals surface area contributed by atoms with Gasteiger partial charge in [0.1, 0.15) is 10.8 Å². The molecule has 0 radical (unpaired) electrons. The number of halogens is 2. The third-order valence-electron chi connectivity index (χ3n) is 2.75. The number of benzene rings is 1. The van der Waals surface area contributed by atoms with Gasteiger partial charge in [-0.3, -0.25) is 10.1 Å². The molecule has 0 unspecified atom stereocenters. The van der Waals surface area contributed by atoms with Crippen molar-refractivity contribution in [2.45, 2.75) is 6.42 Å². The van der Waals surface area contributed by atoms with Crippen molar-refractivity contribution in [2.24, 2.45) is 0 Å². The molecular formula is C14H9BrFN3O2S. The van der Waals surface area contributed by atoms with Crippen LogP contribution in [-0.4, -0.2) is 16.1 Å². The summed E-state index contributed by atoms with van der Waals surface area (Å²) in [5.74, 6) is -0.490. The number of anilines is 1. The van der Waals surface area contributed by atoms with Crippen LogP contribution in [0, 0.1) is 5.82 Å². The molecule has 2 aromatic heterocycles. The van der Waals surface area contributed by atoms with Crippen LogP contribution in [0.5, 0.6) is 0 Å². The molecule has 2 heterocycles. The van der Waals surface area contributed by atoms with Crippen molar-refractivity contribution in [1.29, 1.82) is 0 Å². The second kappa shape index (κ2) is 6.37. The summed E-state index contributed by atoms with van der Waals surface area (Å²) in [5, 5.41) is 11.6. The molecule has 0 saturated carbocycles. The summed E-state index contributed by atoms with van der Waals surface area (Å²) in [6.07, 6.45) is 0.528. The lowest BCUT2D eigenvalue weighted by Crippen LogP contribution is -2.10. The number of aromatic nitrogens is 2. The molecule has 22 heavy (non-hydrogen) atoms. The predicted molar refractivity (Wildman–Crippen MR) is 83.5 cm³/mol. The van der Waals surface area contributed by atoms with Gasteiger partial charge < -0.3 is 4.42 Å². The highest BCUT2D eigenvalue weighted by Gasteiger charge is 2.13. The first-order chi connectivity index (χ1) is 10.6. The minimum Gasteiger partial charge on any atom is -0.444 e. The fraction of sp³-hybridized carbons (Fsp3) is 0.0714. The fourth-order valence-corrected chi connectivity index (χ4v) is 2.82. The van der Waals surface area contributed by atoms with E-state index in [1.165, 1.54) is 23.5 Å². The van der Waals surface area contributed by atoms with Gasteiger partial charge in [0.25, 0.3) is 5.91 Å². The summed E-state index contributed by atoms with van der Waals surface area (Å²) in [6.45, 7) is 0. The molecule has 112 valence electrons. The van der Waals surface area contributed by atoms with E-state index in [4.69, 9.17) is 4.42 Å². The normalized spacial score (nSPS) is 10.6. The average Bonchev–Trinajstić information content (AvgIpc) is 3.11. The molecule has 5 nitrogen and oxygen atoms in total. The van der Waals surface area contributed by atoms with E-state index in [0.717, 1.165) is 10.6 Å². The van der Waals surface area contributed by atoms with Crippen LogP contribution in [0.1, 0.15) is 21.1 Å². The quantitative estimate of drug-likeness (QED) is 0.744. The van der Waals surface area contributed by atoms with Crippen molar-refractivity contribution in [1.82, 2.24) is 10.2 Å². The van der Waals surface area contributed by atoms with Crippen LogP contribution >= 0.6 is 27.3 Å². The summed E-state index contributed by atoms with van der Waals surface area (Å²) in [6, 6.07) is 9.36. The zero-order valence-electron chi connectivity index (χ0n) is 11.0. The number of carbonyl (C=O) groups excluding carboxylic acids is 1. The molecule has 1 amide bonds. The number of rotatable bonds is 4. The first-order valence-electron chi connectivity index (χ1n) is 6.23. The van der Waals surface area contributed by atoms with Gasteiger partial charge in [-0.05, 0) is 45.8 Å². The van der Waals surface area contributed by atoms with Crippen molar-refractivity contribution in [3.8, 4) is 0 Å². The number of nitrogens with one attached hydrogen (secondary N) is 1. The largest absolute Gasteiger partial charge is 0.444 e. The summed E-state index contributed by atoms with van der Waals surface area (Å²) >= 11 is 4.39. The van der Waals surface area contributed by atoms with Crippen LogP contribution < -0.4 is 5.32 Å². The summed E-state index contributed by atoms with van der Waals surface area (Å²) in [4.78, 5) is 11.9. The van der Waals surface area contributed by atoms with Crippen LogP contribution in [-0.2, 0) is 6.42 Å². The molecule has 1 N–H and O–H groups in total. The molecule has 0 fully saturated rings. The number of nitrogens with zero attached hydrogens (tertiary/aromatic N) is 2. The third-order valence-corrected chi connectivity index (χ3v) is 4.02. The van der Waals surface area contributed by atoms with Gasteiger partial charge in [0.15, 0.2) is 10.4 Å². The van der Waals surface area contributed by atoms with Crippen molar-refractivity contribution >= 4 is 38.3 Å². The lowest BCUT2D eigenvalue weighted by molar-refractivity contribution is 0.0995. The number of carbonyl (C=O) groups is 1. The molecule has 0 atom stereocenters. The second-order valence-corrected chi connectivity index (χ2v) is 6.21. The van der Waals surface area contributed by atoms with Crippen LogP contribution in [0.3, 0.4) is 0 Å². The highest BCUT2D eigenvalue weighted by atomic mass is 79.9. The molecule has 0 aliphatic heterocycles. The van der Waals surface area contributed by atoms with Crippen LogP contribution in [0.4, 0.5) is 9.52 Å². The minimum absolute atomic E-state index is 0.183. The van der Waals surface area contributed by atoms with Crippen LogP contribution in [0.25, 0.3) is 0 Å². The predicted octanol–water partition coefficient (Wildman–Crippen LogP) is 3.88. The zero-order valence-corrected chi connectivity index (χ0v) is 13.4. The van der Waals surface area contributed by atoms with Crippen LogP contribution in [0.2, 0.25) is 0 Å². The maximum Gasteiger partial charge on any atom is 0.293 e. The Bertz CT molecular complexity index is 801. The van der Waals surface area contributed by atoms with E-state index in [0.29, 0.717) is 16.2 Å². The Kier molecular flexibility index (Phi) is 4.30. The molecule has 0 bridgehead atoms. The van der Waals surface area contributed by atoms with E-state index in [1.807, 2.05) is 0 Å². The van der Waals surface area contributed by atoms with Gasteiger partial charge in [0.2, 0.25) is 5.13 Å². The maximum absolute atomic E-state index is 12.9. The first-order valence-corrected chi connectivity index (χ1v) is 7.84. The van der Waals surface area contributed by atoms with Gasteiger partial charge in [0, 0.05) is 6.42 Å². The zero-order chi connectivity index (χ0) is 15.5. The van der Waals surface area contributed by atoms with Gasteiger partial charge >= 0.3 is 0 Å². The fourth-order valence-electron chi connectivity index (χ4n) is 1.75. The molecule has 0 aliphatic rings. The van der Waals surface area contributed by atoms with Crippen molar-refractivity contribution in [3.63, 3.8) is 0 Å². The van der Waals surface area contributed by atoms with Crippen molar-refractivity contribution in [3.05, 3.63) is 63.2 Å². The van der Waals surface area contributed by atoms with Gasteiger partial charge in [-0.25, -0.2) is 4.39 Å². The molecule has 0 saturated heterocycles. The Balaban J connectivity index is 1.66. The Morgan fingerprint density at radius 3 is 2.68 bits per heavy atom. The number of hydrogen-bond acceptors (Lipinski definition) is 5. The number of furan rings is 1. The molecule has 3 aromatic rings. The van der Waals surface area contributed by atoms with Crippen LogP contribution in [0.15, 0.2) is 45.5 Å². The number of hydrogen-bond donors (Lipinski definition) is 1. The molecule has 0 spiro atoms. The van der Waals surface area contributed by atoms with E-state index in [2.05, 4.69) is 31.4 Å². The minimum atomic E-state index is -0.393. The highest BCUT2D eigenvalue weighted by molar-refractivity contribution is 9.10. The number of amides is 1. The van der Waals surface area contributed by atoms with Crippen molar-refractivity contribution in [2.75, 3.05) is 5.32 Å². The van der Waals surface area contributed by atoms with Crippen molar-refractivity contribution < 1.29 is 13.6 Å². The van der Waals surface area contributed by atoms with E-state index < -0.39 is 5.91 Å². The first kappa shape index (κ1) is 14.9. The monoisotopic (exact) mass is 381 g/mol. The molecule has 1 aromatic carbocycles. The van der Waals surface area contributed by atoms with E-state index in [1.54, 1.807) is 24.3 Å². The molecule has 0 aliphatic carbocycles. The molecule has 8 heteroatoms. The lowest BCUT2D eigenvalue weighted by Gasteiger charge is -1.97. The topological polar surface area (TPSA) is 68.0 Å².